The third kappa shape index (κ3) is 4.77. The Hall–Kier alpha value is -3.40. The van der Waals surface area contributed by atoms with Crippen molar-refractivity contribution >= 4 is 15.7 Å². The number of hydrogen-bond donors (Lipinski definition) is 1. The molecule has 1 heterocycles. The molecule has 158 valence electrons. The Labute approximate surface area is 171 Å². The van der Waals surface area contributed by atoms with Crippen molar-refractivity contribution in [2.45, 2.75) is 0 Å². The summed E-state index contributed by atoms with van der Waals surface area (Å²) in [4.78, 5) is 12.0. The fourth-order valence-electron chi connectivity index (χ4n) is 2.77. The number of methoxy groups -OCH3 is 1. The molecular weight excluding hydrogens is 418 g/mol. The monoisotopic (exact) mass is 436 g/mol. The van der Waals surface area contributed by atoms with Crippen molar-refractivity contribution in [1.29, 1.82) is 0 Å². The first-order valence-electron chi connectivity index (χ1n) is 8.57. The molecule has 0 saturated heterocycles. The van der Waals surface area contributed by atoms with E-state index in [2.05, 4.69) is 4.72 Å². The number of nitrogens with zero attached hydrogens (tertiary/aromatic N) is 1. The lowest BCUT2D eigenvalue weighted by Gasteiger charge is -2.16. The largest absolute Gasteiger partial charge is 0.496 e. The summed E-state index contributed by atoms with van der Waals surface area (Å²) >= 11 is 0. The molecule has 0 fully saturated rings. The third-order valence-corrected chi connectivity index (χ3v) is 4.70. The van der Waals surface area contributed by atoms with Crippen LogP contribution in [-0.2, 0) is 17.1 Å². The van der Waals surface area contributed by atoms with Gasteiger partial charge in [0.2, 0.25) is 10.0 Å². The van der Waals surface area contributed by atoms with Crippen LogP contribution >= 0.6 is 0 Å². The first-order chi connectivity index (χ1) is 14.1. The number of nitrogens with one attached hydrogen (secondary N) is 1. The van der Waals surface area contributed by atoms with Crippen molar-refractivity contribution in [3.8, 4) is 28.4 Å². The maximum absolute atomic E-state index is 14.1. The Bertz CT molecular complexity index is 1270. The van der Waals surface area contributed by atoms with E-state index in [1.807, 2.05) is 0 Å². The zero-order valence-corrected chi connectivity index (χ0v) is 17.1. The molecule has 1 aromatic heterocycles. The Balaban J connectivity index is 2.20. The van der Waals surface area contributed by atoms with Crippen molar-refractivity contribution in [3.63, 3.8) is 0 Å². The quantitative estimate of drug-likeness (QED) is 0.639. The van der Waals surface area contributed by atoms with Crippen LogP contribution in [0.4, 0.5) is 14.5 Å². The second kappa shape index (κ2) is 8.15. The highest BCUT2D eigenvalue weighted by molar-refractivity contribution is 7.92. The van der Waals surface area contributed by atoms with Crippen LogP contribution in [0.2, 0.25) is 0 Å². The molecule has 3 rings (SSSR count). The summed E-state index contributed by atoms with van der Waals surface area (Å²) in [5, 5.41) is 0. The number of halogens is 2. The summed E-state index contributed by atoms with van der Waals surface area (Å²) in [6.45, 7) is 0. The summed E-state index contributed by atoms with van der Waals surface area (Å²) < 4.78 is 65.2. The first kappa shape index (κ1) is 21.3. The molecule has 0 aliphatic rings. The predicted molar refractivity (Wildman–Crippen MR) is 109 cm³/mol. The number of aryl methyl sites for hydroxylation is 1. The van der Waals surface area contributed by atoms with Crippen LogP contribution in [0.25, 0.3) is 11.1 Å². The van der Waals surface area contributed by atoms with E-state index in [-0.39, 0.29) is 28.5 Å². The van der Waals surface area contributed by atoms with Gasteiger partial charge in [-0.3, -0.25) is 9.52 Å². The van der Waals surface area contributed by atoms with Gasteiger partial charge in [-0.2, -0.15) is 0 Å². The zero-order valence-electron chi connectivity index (χ0n) is 16.3. The molecule has 0 saturated carbocycles. The Morgan fingerprint density at radius 3 is 2.30 bits per heavy atom. The minimum atomic E-state index is -3.57. The van der Waals surface area contributed by atoms with Gasteiger partial charge in [-0.25, -0.2) is 17.2 Å². The highest BCUT2D eigenvalue weighted by Gasteiger charge is 2.17. The van der Waals surface area contributed by atoms with Gasteiger partial charge in [-0.1, -0.05) is 0 Å². The molecule has 1 N–H and O–H groups in total. The number of hydrogen-bond acceptors (Lipinski definition) is 5. The van der Waals surface area contributed by atoms with E-state index in [0.29, 0.717) is 17.2 Å². The van der Waals surface area contributed by atoms with Crippen LogP contribution in [0.1, 0.15) is 0 Å². The fraction of sp³-hybridized carbons (Fsp3) is 0.150. The SMILES string of the molecule is COc1cc(=O)n(C)cc1-c1cc(NS(C)(=O)=O)ccc1Oc1ccc(F)cc1F. The zero-order chi connectivity index (χ0) is 22.1. The van der Waals surface area contributed by atoms with Gasteiger partial charge >= 0.3 is 0 Å². The predicted octanol–water partition coefficient (Wildman–Crippen LogP) is 3.50. The number of pyridine rings is 1. The molecule has 0 atom stereocenters. The average molecular weight is 436 g/mol. The van der Waals surface area contributed by atoms with E-state index >= 15 is 0 Å². The van der Waals surface area contributed by atoms with E-state index in [0.717, 1.165) is 18.4 Å². The van der Waals surface area contributed by atoms with Crippen LogP contribution in [0, 0.1) is 11.6 Å². The van der Waals surface area contributed by atoms with Crippen molar-refractivity contribution in [2.75, 3.05) is 18.1 Å². The summed E-state index contributed by atoms with van der Waals surface area (Å²) in [5.74, 6) is -1.56. The molecule has 0 aliphatic heterocycles. The molecule has 0 unspecified atom stereocenters. The molecule has 0 amide bonds. The fourth-order valence-corrected chi connectivity index (χ4v) is 3.32. The number of aromatic nitrogens is 1. The van der Waals surface area contributed by atoms with E-state index in [4.69, 9.17) is 9.47 Å². The Morgan fingerprint density at radius 2 is 1.67 bits per heavy atom. The van der Waals surface area contributed by atoms with E-state index in [9.17, 15) is 22.0 Å². The first-order valence-corrected chi connectivity index (χ1v) is 10.5. The number of rotatable bonds is 6. The Kier molecular flexibility index (Phi) is 5.79. The van der Waals surface area contributed by atoms with Gasteiger partial charge < -0.3 is 14.0 Å². The standard InChI is InChI=1S/C20H18F2N2O5S/c1-24-11-15(19(28-2)10-20(24)25)14-9-13(23-30(3,26)27)5-7-17(14)29-18-6-4-12(21)8-16(18)22/h4-11,23H,1-3H3. The normalized spacial score (nSPS) is 11.2. The lowest BCUT2D eigenvalue weighted by Crippen LogP contribution is -2.15. The van der Waals surface area contributed by atoms with Crippen LogP contribution in [0.15, 0.2) is 53.5 Å². The van der Waals surface area contributed by atoms with Crippen molar-refractivity contribution in [1.82, 2.24) is 4.57 Å². The van der Waals surface area contributed by atoms with Crippen LogP contribution in [0.3, 0.4) is 0 Å². The minimum absolute atomic E-state index is 0.136. The molecule has 2 aromatic carbocycles. The highest BCUT2D eigenvalue weighted by Crippen LogP contribution is 2.40. The summed E-state index contributed by atoms with van der Waals surface area (Å²) in [6, 6.07) is 8.43. The lowest BCUT2D eigenvalue weighted by molar-refractivity contribution is 0.413. The van der Waals surface area contributed by atoms with Gasteiger partial charge in [-0.15, -0.1) is 0 Å². The topological polar surface area (TPSA) is 86.6 Å². The average Bonchev–Trinajstić information content (AvgIpc) is 2.65. The maximum Gasteiger partial charge on any atom is 0.254 e. The van der Waals surface area contributed by atoms with E-state index in [1.54, 1.807) is 0 Å². The van der Waals surface area contributed by atoms with Crippen molar-refractivity contribution in [3.05, 3.63) is 70.6 Å². The van der Waals surface area contributed by atoms with Crippen molar-refractivity contribution in [2.24, 2.45) is 7.05 Å². The summed E-state index contributed by atoms with van der Waals surface area (Å²) in [5.41, 5.74) is 0.609. The molecule has 30 heavy (non-hydrogen) atoms. The van der Waals surface area contributed by atoms with E-state index in [1.165, 1.54) is 49.2 Å². The number of sulfonamides is 1. The second-order valence-electron chi connectivity index (χ2n) is 6.47. The van der Waals surface area contributed by atoms with Gasteiger partial charge in [0.1, 0.15) is 17.3 Å². The number of benzene rings is 2. The van der Waals surface area contributed by atoms with Gasteiger partial charge in [-0.05, 0) is 30.3 Å². The second-order valence-corrected chi connectivity index (χ2v) is 8.22. The lowest BCUT2D eigenvalue weighted by atomic mass is 10.0. The number of ether oxygens (including phenoxy) is 2. The molecule has 0 radical (unpaired) electrons. The van der Waals surface area contributed by atoms with Crippen LogP contribution < -0.4 is 19.8 Å². The number of anilines is 1. The smallest absolute Gasteiger partial charge is 0.254 e. The summed E-state index contributed by atoms with van der Waals surface area (Å²) in [6.07, 6.45) is 2.48. The van der Waals surface area contributed by atoms with Gasteiger partial charge in [0.25, 0.3) is 5.56 Å². The molecule has 0 aliphatic carbocycles. The molecule has 0 bridgehead atoms. The van der Waals surface area contributed by atoms with Gasteiger partial charge in [0, 0.05) is 42.2 Å². The Morgan fingerprint density at radius 1 is 0.967 bits per heavy atom. The summed E-state index contributed by atoms with van der Waals surface area (Å²) in [7, 11) is -0.665. The third-order valence-electron chi connectivity index (χ3n) is 4.10. The maximum atomic E-state index is 14.1. The molecule has 7 nitrogen and oxygen atoms in total. The molecule has 10 heteroatoms. The molecule has 3 aromatic rings. The van der Waals surface area contributed by atoms with Gasteiger partial charge in [0.05, 0.1) is 13.4 Å². The van der Waals surface area contributed by atoms with Crippen LogP contribution in [0.5, 0.6) is 17.2 Å². The molecular formula is C20H18F2N2O5S. The van der Waals surface area contributed by atoms with Crippen molar-refractivity contribution < 1.29 is 26.7 Å². The highest BCUT2D eigenvalue weighted by atomic mass is 32.2. The van der Waals surface area contributed by atoms with E-state index < -0.39 is 21.7 Å². The van der Waals surface area contributed by atoms with Gasteiger partial charge in [0.15, 0.2) is 11.6 Å². The van der Waals surface area contributed by atoms with Crippen LogP contribution in [-0.4, -0.2) is 26.4 Å². The molecule has 0 spiro atoms. The minimum Gasteiger partial charge on any atom is -0.496 e.